The van der Waals surface area contributed by atoms with Crippen LogP contribution in [0.5, 0.6) is 0 Å². The van der Waals surface area contributed by atoms with Crippen molar-refractivity contribution in [1.29, 1.82) is 0 Å². The zero-order chi connectivity index (χ0) is 16.2. The Morgan fingerprint density at radius 1 is 1.57 bits per heavy atom. The van der Waals surface area contributed by atoms with E-state index in [1.54, 1.807) is 0 Å². The molecule has 3 rings (SSSR count). The molecule has 0 spiro atoms. The molecule has 2 heterocycles. The largest absolute Gasteiger partial charge is 0.383 e. The van der Waals surface area contributed by atoms with Crippen molar-refractivity contribution in [3.63, 3.8) is 0 Å². The quantitative estimate of drug-likeness (QED) is 0.792. The first-order valence-corrected chi connectivity index (χ1v) is 9.57. The monoisotopic (exact) mass is 332 g/mol. The molecule has 4 heteroatoms. The number of nitrogens with zero attached hydrogens (tertiary/aromatic N) is 1. The maximum Gasteiger partial charge on any atom is 0.148 e. The van der Waals surface area contributed by atoms with Gasteiger partial charge < -0.3 is 5.32 Å². The zero-order valence-corrected chi connectivity index (χ0v) is 14.5. The van der Waals surface area contributed by atoms with E-state index >= 15 is 0 Å². The third-order valence-electron chi connectivity index (χ3n) is 4.65. The van der Waals surface area contributed by atoms with Gasteiger partial charge in [0, 0.05) is 6.54 Å². The van der Waals surface area contributed by atoms with E-state index in [1.807, 2.05) is 30.0 Å². The van der Waals surface area contributed by atoms with Gasteiger partial charge in [-0.3, -0.25) is 4.99 Å². The molecule has 23 heavy (non-hydrogen) atoms. The maximum absolute atomic E-state index is 14.7. The molecular weight excluding hydrogens is 307 g/mol. The lowest BCUT2D eigenvalue weighted by Gasteiger charge is -2.16. The highest BCUT2D eigenvalue weighted by molar-refractivity contribution is 7.99. The van der Waals surface area contributed by atoms with Crippen LogP contribution in [0.2, 0.25) is 0 Å². The van der Waals surface area contributed by atoms with Crippen molar-refractivity contribution >= 4 is 17.5 Å². The molecule has 1 fully saturated rings. The van der Waals surface area contributed by atoms with Crippen LogP contribution in [0.4, 0.5) is 4.39 Å². The third-order valence-corrected chi connectivity index (χ3v) is 5.88. The maximum atomic E-state index is 14.7. The Morgan fingerprint density at radius 2 is 2.43 bits per heavy atom. The smallest absolute Gasteiger partial charge is 0.148 e. The first-order chi connectivity index (χ1) is 11.1. The second kappa shape index (κ2) is 7.52. The Bertz CT molecular complexity index is 582. The summed E-state index contributed by atoms with van der Waals surface area (Å²) in [5, 5.41) is 3.38. The molecule has 0 bridgehead atoms. The van der Waals surface area contributed by atoms with Gasteiger partial charge in [0.2, 0.25) is 0 Å². The number of rotatable bonds is 6. The number of hydrogen-bond acceptors (Lipinski definition) is 3. The molecule has 3 atom stereocenters. The molecule has 1 aliphatic carbocycles. The van der Waals surface area contributed by atoms with Crippen LogP contribution >= 0.6 is 11.8 Å². The number of halogens is 1. The highest BCUT2D eigenvalue weighted by Gasteiger charge is 2.23. The highest BCUT2D eigenvalue weighted by Crippen LogP contribution is 2.27. The summed E-state index contributed by atoms with van der Waals surface area (Å²) < 4.78 is 14.7. The summed E-state index contributed by atoms with van der Waals surface area (Å²) >= 11 is 2.01. The van der Waals surface area contributed by atoms with Gasteiger partial charge in [-0.05, 0) is 53.4 Å². The minimum absolute atomic E-state index is 0.442. The fraction of sp³-hybridized carbons (Fsp3) is 0.526. The minimum Gasteiger partial charge on any atom is -0.383 e. The van der Waals surface area contributed by atoms with Crippen LogP contribution in [-0.4, -0.2) is 36.5 Å². The van der Waals surface area contributed by atoms with Gasteiger partial charge in [-0.15, -0.1) is 0 Å². The van der Waals surface area contributed by atoms with E-state index in [9.17, 15) is 4.39 Å². The number of hydrogen-bond donors (Lipinski definition) is 1. The molecule has 2 nitrogen and oxygen atoms in total. The number of aliphatic imine (C=N–C) groups is 1. The van der Waals surface area contributed by atoms with Gasteiger partial charge in [0.1, 0.15) is 6.17 Å². The summed E-state index contributed by atoms with van der Waals surface area (Å²) in [6, 6.07) is 0. The third kappa shape index (κ3) is 4.17. The van der Waals surface area contributed by atoms with Crippen LogP contribution in [0, 0.1) is 11.8 Å². The molecule has 0 saturated carbocycles. The molecule has 0 aromatic rings. The molecule has 0 aromatic carbocycles. The Labute approximate surface area is 142 Å². The van der Waals surface area contributed by atoms with Crippen molar-refractivity contribution in [2.45, 2.75) is 25.9 Å². The fourth-order valence-electron chi connectivity index (χ4n) is 3.03. The number of thioether (sulfide) groups is 1. The Morgan fingerprint density at radius 3 is 3.13 bits per heavy atom. The Hall–Kier alpha value is -1.29. The van der Waals surface area contributed by atoms with E-state index in [1.165, 1.54) is 17.9 Å². The van der Waals surface area contributed by atoms with Gasteiger partial charge in [-0.2, -0.15) is 11.8 Å². The second-order valence-corrected chi connectivity index (χ2v) is 7.80. The Balaban J connectivity index is 1.54. The zero-order valence-electron chi connectivity index (χ0n) is 13.7. The molecule has 1 N–H and O–H groups in total. The predicted octanol–water partition coefficient (Wildman–Crippen LogP) is 4.08. The van der Waals surface area contributed by atoms with Crippen LogP contribution in [0.25, 0.3) is 0 Å². The van der Waals surface area contributed by atoms with Gasteiger partial charge in [-0.25, -0.2) is 4.39 Å². The van der Waals surface area contributed by atoms with Gasteiger partial charge in [-0.1, -0.05) is 31.7 Å². The summed E-state index contributed by atoms with van der Waals surface area (Å²) in [6.45, 7) is 7.60. The van der Waals surface area contributed by atoms with Crippen LogP contribution in [0.1, 0.15) is 19.8 Å². The standard InChI is InChI=1S/C19H25FN2S/c1-13-3-5-16(6-4-13)19(20)17-9-18(22-11-17)14(2)21-10-15-7-8-23-12-15/h3,5-6,9,13,15,19,21H,2,4,7-8,10-12H2,1H3. The number of nitrogens with one attached hydrogen (secondary N) is 1. The molecule has 3 aliphatic rings. The topological polar surface area (TPSA) is 24.4 Å². The van der Waals surface area contributed by atoms with Crippen molar-refractivity contribution in [1.82, 2.24) is 5.32 Å². The van der Waals surface area contributed by atoms with Gasteiger partial charge in [0.25, 0.3) is 0 Å². The summed E-state index contributed by atoms with van der Waals surface area (Å²) in [5.74, 6) is 3.71. The van der Waals surface area contributed by atoms with Crippen molar-refractivity contribution in [2.24, 2.45) is 16.8 Å². The van der Waals surface area contributed by atoms with Crippen LogP contribution < -0.4 is 5.32 Å². The minimum atomic E-state index is -1.04. The Kier molecular flexibility index (Phi) is 5.42. The van der Waals surface area contributed by atoms with E-state index in [4.69, 9.17) is 0 Å². The average Bonchev–Trinajstić information content (AvgIpc) is 3.24. The van der Waals surface area contributed by atoms with Crippen molar-refractivity contribution < 1.29 is 4.39 Å². The second-order valence-electron chi connectivity index (χ2n) is 6.65. The van der Waals surface area contributed by atoms with E-state index in [-0.39, 0.29) is 0 Å². The lowest BCUT2D eigenvalue weighted by molar-refractivity contribution is 0.431. The first kappa shape index (κ1) is 16.6. The molecule has 0 radical (unpaired) electrons. The van der Waals surface area contributed by atoms with E-state index in [0.717, 1.165) is 41.4 Å². The van der Waals surface area contributed by atoms with Crippen molar-refractivity contribution in [3.8, 4) is 0 Å². The molecule has 124 valence electrons. The number of allylic oxidation sites excluding steroid dienone is 5. The average molecular weight is 332 g/mol. The van der Waals surface area contributed by atoms with Gasteiger partial charge >= 0.3 is 0 Å². The van der Waals surface area contributed by atoms with E-state index in [2.05, 4.69) is 29.9 Å². The summed E-state index contributed by atoms with van der Waals surface area (Å²) in [6.07, 6.45) is 9.03. The summed E-state index contributed by atoms with van der Waals surface area (Å²) in [4.78, 5) is 4.46. The fourth-order valence-corrected chi connectivity index (χ4v) is 4.31. The summed E-state index contributed by atoms with van der Waals surface area (Å²) in [7, 11) is 0. The van der Waals surface area contributed by atoms with E-state index < -0.39 is 6.17 Å². The lowest BCUT2D eigenvalue weighted by atomic mass is 9.93. The lowest BCUT2D eigenvalue weighted by Crippen LogP contribution is -2.25. The molecule has 1 saturated heterocycles. The molecule has 2 aliphatic heterocycles. The van der Waals surface area contributed by atoms with Crippen LogP contribution in [0.3, 0.4) is 0 Å². The predicted molar refractivity (Wildman–Crippen MR) is 98.9 cm³/mol. The van der Waals surface area contributed by atoms with Crippen molar-refractivity contribution in [3.05, 3.63) is 47.7 Å². The van der Waals surface area contributed by atoms with E-state index in [0.29, 0.717) is 12.5 Å². The molecular formula is C19H25FN2S. The summed E-state index contributed by atoms with van der Waals surface area (Å²) in [5.41, 5.74) is 3.14. The normalized spacial score (nSPS) is 28.2. The van der Waals surface area contributed by atoms with Crippen LogP contribution in [0.15, 0.2) is 52.7 Å². The van der Waals surface area contributed by atoms with Crippen LogP contribution in [-0.2, 0) is 0 Å². The molecule has 0 aromatic heterocycles. The molecule has 3 unspecified atom stereocenters. The SMILES string of the molecule is C=C(NCC1CCSC1)C1=NCC(C(F)C2=CCC(C)C=C2)=C1. The van der Waals surface area contributed by atoms with Gasteiger partial charge in [0.15, 0.2) is 0 Å². The van der Waals surface area contributed by atoms with Crippen molar-refractivity contribution in [2.75, 3.05) is 24.6 Å². The van der Waals surface area contributed by atoms with Gasteiger partial charge in [0.05, 0.1) is 18.0 Å². The first-order valence-electron chi connectivity index (χ1n) is 8.41. The molecule has 0 amide bonds. The highest BCUT2D eigenvalue weighted by atomic mass is 32.2. The number of alkyl halides is 1.